The van der Waals surface area contributed by atoms with Crippen LogP contribution >= 0.6 is 0 Å². The van der Waals surface area contributed by atoms with Crippen LogP contribution in [-0.2, 0) is 9.59 Å². The van der Waals surface area contributed by atoms with Crippen LogP contribution in [0.15, 0.2) is 0 Å². The Bertz CT molecular complexity index is 131. The van der Waals surface area contributed by atoms with Crippen molar-refractivity contribution in [2.24, 2.45) is 0 Å². The summed E-state index contributed by atoms with van der Waals surface area (Å²) < 4.78 is 0. The van der Waals surface area contributed by atoms with Gasteiger partial charge in [0.25, 0.3) is 0 Å². The van der Waals surface area contributed by atoms with Gasteiger partial charge < -0.3 is 25.9 Å². The highest BCUT2D eigenvalue weighted by Gasteiger charge is 2.42. The summed E-state index contributed by atoms with van der Waals surface area (Å²) in [6.07, 6.45) is 0. The van der Waals surface area contributed by atoms with Crippen molar-refractivity contribution in [2.75, 3.05) is 0 Å². The van der Waals surface area contributed by atoms with Gasteiger partial charge in [-0.15, -0.1) is 0 Å². The van der Waals surface area contributed by atoms with Gasteiger partial charge in [-0.2, -0.15) is 0 Å². The molecule has 0 atom stereocenters. The molecule has 6 N–H and O–H groups in total. The van der Waals surface area contributed by atoms with Crippen LogP contribution in [0.5, 0.6) is 0 Å². The molecule has 0 aliphatic carbocycles. The molecule has 0 aliphatic heterocycles. The third kappa shape index (κ3) is 1.97. The summed E-state index contributed by atoms with van der Waals surface area (Å²) in [6.45, 7) is 0. The largest absolute Gasteiger partial charge is 0.477 e. The van der Waals surface area contributed by atoms with Crippen LogP contribution < -0.4 is 0 Å². The predicted molar refractivity (Wildman–Crippen MR) is 26.1 cm³/mol. The van der Waals surface area contributed by atoms with E-state index in [2.05, 4.69) is 0 Å². The number of aliphatic carboxylic acids is 2. The Kier molecular flexibility index (Phi) is 3.60. The molecular weight excluding hydrogens is 148 g/mol. The third-order valence-electron chi connectivity index (χ3n) is 0.596. The van der Waals surface area contributed by atoms with Crippen molar-refractivity contribution in [2.45, 2.75) is 5.79 Å². The van der Waals surface area contributed by atoms with E-state index in [1.807, 2.05) is 0 Å². The van der Waals surface area contributed by atoms with Gasteiger partial charge in [-0.1, -0.05) is 0 Å². The normalized spacial score (nSPS) is 9.80. The molecule has 0 saturated heterocycles. The van der Waals surface area contributed by atoms with Crippen LogP contribution in [0.25, 0.3) is 0 Å². The van der Waals surface area contributed by atoms with E-state index in [4.69, 9.17) is 20.4 Å². The van der Waals surface area contributed by atoms with Gasteiger partial charge in [-0.3, -0.25) is 0 Å². The van der Waals surface area contributed by atoms with Crippen LogP contribution in [0.3, 0.4) is 0 Å². The van der Waals surface area contributed by atoms with Crippen molar-refractivity contribution in [3.8, 4) is 0 Å². The van der Waals surface area contributed by atoms with Crippen molar-refractivity contribution in [3.05, 3.63) is 0 Å². The van der Waals surface area contributed by atoms with Gasteiger partial charge >= 0.3 is 17.7 Å². The maximum absolute atomic E-state index is 9.58. The lowest BCUT2D eigenvalue weighted by atomic mass is 10.3. The van der Waals surface area contributed by atoms with Crippen LogP contribution in [-0.4, -0.2) is 43.6 Å². The Labute approximate surface area is 54.4 Å². The van der Waals surface area contributed by atoms with Gasteiger partial charge in [0.05, 0.1) is 0 Å². The molecule has 0 fully saturated rings. The molecule has 0 saturated carbocycles. The minimum Gasteiger partial charge on any atom is -0.477 e. The Morgan fingerprint density at radius 2 is 1.20 bits per heavy atom. The van der Waals surface area contributed by atoms with Crippen molar-refractivity contribution in [1.82, 2.24) is 0 Å². The monoisotopic (exact) mass is 154 g/mol. The molecule has 0 aliphatic rings. The highest BCUT2D eigenvalue weighted by molar-refractivity contribution is 5.98. The molecule has 7 nitrogen and oxygen atoms in total. The summed E-state index contributed by atoms with van der Waals surface area (Å²) in [4.78, 5) is 19.2. The number of carboxylic acid groups (broad SMARTS) is 2. The first-order chi connectivity index (χ1) is 3.89. The van der Waals surface area contributed by atoms with E-state index < -0.39 is 17.7 Å². The molecule has 0 aromatic heterocycles. The zero-order valence-corrected chi connectivity index (χ0v) is 4.61. The quantitative estimate of drug-likeness (QED) is 0.246. The summed E-state index contributed by atoms with van der Waals surface area (Å²) in [6, 6.07) is 0. The van der Waals surface area contributed by atoms with E-state index in [0.717, 1.165) is 0 Å². The maximum Gasteiger partial charge on any atom is 0.376 e. The molecule has 0 heterocycles. The first-order valence-electron chi connectivity index (χ1n) is 1.80. The molecule has 0 rings (SSSR count). The van der Waals surface area contributed by atoms with Gasteiger partial charge in [-0.25, -0.2) is 9.59 Å². The summed E-state index contributed by atoms with van der Waals surface area (Å²) in [5.74, 6) is -8.09. The van der Waals surface area contributed by atoms with Crippen LogP contribution in [0.1, 0.15) is 0 Å². The average molecular weight is 154 g/mol. The van der Waals surface area contributed by atoms with Crippen LogP contribution in [0.4, 0.5) is 0 Å². The lowest BCUT2D eigenvalue weighted by Crippen LogP contribution is -2.46. The molecule has 0 amide bonds. The van der Waals surface area contributed by atoms with Crippen molar-refractivity contribution in [3.63, 3.8) is 0 Å². The summed E-state index contributed by atoms with van der Waals surface area (Å²) in [7, 11) is 0. The first-order valence-corrected chi connectivity index (χ1v) is 1.80. The van der Waals surface area contributed by atoms with E-state index in [9.17, 15) is 9.59 Å². The molecule has 0 bridgehead atoms. The lowest BCUT2D eigenvalue weighted by molar-refractivity contribution is -0.216. The van der Waals surface area contributed by atoms with E-state index in [1.54, 1.807) is 0 Å². The number of carboxylic acids is 2. The Morgan fingerprint density at radius 1 is 1.00 bits per heavy atom. The fourth-order valence-electron chi connectivity index (χ4n) is 0.0915. The lowest BCUT2D eigenvalue weighted by Gasteiger charge is -2.08. The number of rotatable bonds is 2. The summed E-state index contributed by atoms with van der Waals surface area (Å²) in [5, 5.41) is 31.5. The van der Waals surface area contributed by atoms with Crippen LogP contribution in [0, 0.1) is 0 Å². The first kappa shape index (κ1) is 11.6. The Morgan fingerprint density at radius 3 is 1.20 bits per heavy atom. The fourth-order valence-corrected chi connectivity index (χ4v) is 0.0915. The summed E-state index contributed by atoms with van der Waals surface area (Å²) in [5.41, 5.74) is 0. The van der Waals surface area contributed by atoms with Gasteiger partial charge in [0, 0.05) is 0 Å². The van der Waals surface area contributed by atoms with Gasteiger partial charge in [-0.05, 0) is 0 Å². The van der Waals surface area contributed by atoms with Crippen molar-refractivity contribution in [1.29, 1.82) is 0 Å². The molecule has 10 heavy (non-hydrogen) atoms. The highest BCUT2D eigenvalue weighted by Crippen LogP contribution is 1.97. The van der Waals surface area contributed by atoms with Gasteiger partial charge in [0.1, 0.15) is 0 Å². The third-order valence-corrected chi connectivity index (χ3v) is 0.596. The molecule has 0 radical (unpaired) electrons. The summed E-state index contributed by atoms with van der Waals surface area (Å²) >= 11 is 0. The van der Waals surface area contributed by atoms with Gasteiger partial charge in [0.15, 0.2) is 0 Å². The predicted octanol–water partition coefficient (Wildman–Crippen LogP) is -2.99. The Balaban J connectivity index is 0. The molecule has 0 aromatic rings. The maximum atomic E-state index is 9.58. The van der Waals surface area contributed by atoms with Gasteiger partial charge in [0.2, 0.25) is 0 Å². The zero-order chi connectivity index (χ0) is 7.65. The standard InChI is InChI=1S/C3H4O6.H2O/c4-1(5)3(8,9)2(6)7;/h8-9H,(H,4,5)(H,6,7);1H2. The molecule has 0 spiro atoms. The number of hydrogen-bond donors (Lipinski definition) is 4. The zero-order valence-electron chi connectivity index (χ0n) is 4.61. The van der Waals surface area contributed by atoms with E-state index >= 15 is 0 Å². The second kappa shape index (κ2) is 3.11. The molecule has 0 aromatic carbocycles. The smallest absolute Gasteiger partial charge is 0.376 e. The van der Waals surface area contributed by atoms with Crippen LogP contribution in [0.2, 0.25) is 0 Å². The topological polar surface area (TPSA) is 147 Å². The molecule has 0 unspecified atom stereocenters. The van der Waals surface area contributed by atoms with E-state index in [1.165, 1.54) is 0 Å². The van der Waals surface area contributed by atoms with E-state index in [0.29, 0.717) is 0 Å². The van der Waals surface area contributed by atoms with Crippen molar-refractivity contribution >= 4 is 11.9 Å². The number of carbonyl (C=O) groups is 2. The van der Waals surface area contributed by atoms with Crippen molar-refractivity contribution < 1.29 is 35.5 Å². The molecule has 60 valence electrons. The van der Waals surface area contributed by atoms with E-state index in [-0.39, 0.29) is 5.48 Å². The molecule has 7 heteroatoms. The fraction of sp³-hybridized carbons (Fsp3) is 0.333. The minimum absolute atomic E-state index is 0. The number of aliphatic hydroxyl groups is 2. The molecular formula is C3H6O7. The second-order valence-corrected chi connectivity index (χ2v) is 1.28. The SMILES string of the molecule is O.O=C(O)C(O)(O)C(=O)O. The number of hydrogen-bond acceptors (Lipinski definition) is 4. The average Bonchev–Trinajstić information content (AvgIpc) is 1.65. The Hall–Kier alpha value is -1.18. The highest BCUT2D eigenvalue weighted by atomic mass is 16.6. The minimum atomic E-state index is -3.67. The second-order valence-electron chi connectivity index (χ2n) is 1.28.